The van der Waals surface area contributed by atoms with Gasteiger partial charge in [0.05, 0.1) is 18.5 Å². The number of hydrogen-bond donors (Lipinski definition) is 1. The van der Waals surface area contributed by atoms with E-state index in [4.69, 9.17) is 0 Å². The molecule has 0 aliphatic heterocycles. The molecule has 1 aromatic carbocycles. The molecule has 0 saturated heterocycles. The van der Waals surface area contributed by atoms with E-state index in [-0.39, 0.29) is 24.8 Å². The summed E-state index contributed by atoms with van der Waals surface area (Å²) in [6.07, 6.45) is 1.46. The topological polar surface area (TPSA) is 83.6 Å². The minimum absolute atomic E-state index is 0.0809. The average Bonchev–Trinajstić information content (AvgIpc) is 2.42. The second-order valence-electron chi connectivity index (χ2n) is 4.64. The number of nitrogens with zero attached hydrogens (tertiary/aromatic N) is 1. The molecule has 1 rings (SSSR count). The van der Waals surface area contributed by atoms with Crippen molar-refractivity contribution in [2.45, 2.75) is 20.3 Å². The molecule has 1 N–H and O–H groups in total. The van der Waals surface area contributed by atoms with Crippen molar-refractivity contribution in [2.24, 2.45) is 0 Å². The number of benzene rings is 1. The molecule has 1 aromatic rings. The second-order valence-corrected chi connectivity index (χ2v) is 6.55. The van der Waals surface area contributed by atoms with Gasteiger partial charge in [-0.25, -0.2) is 8.42 Å². The molecule has 0 aromatic heterocycles. The summed E-state index contributed by atoms with van der Waals surface area (Å²) >= 11 is 0. The zero-order chi connectivity index (χ0) is 16.0. The van der Waals surface area contributed by atoms with Gasteiger partial charge in [0, 0.05) is 18.5 Å². The van der Waals surface area contributed by atoms with Crippen LogP contribution in [0.15, 0.2) is 24.3 Å². The van der Waals surface area contributed by atoms with Crippen molar-refractivity contribution in [3.8, 4) is 0 Å². The van der Waals surface area contributed by atoms with Gasteiger partial charge in [-0.2, -0.15) is 0 Å². The van der Waals surface area contributed by atoms with Gasteiger partial charge in [0.25, 0.3) is 0 Å². The van der Waals surface area contributed by atoms with E-state index in [9.17, 15) is 18.0 Å². The number of Topliss-reactive ketones (excluding diaryl/α,β-unsaturated/α-hetero) is 1. The highest BCUT2D eigenvalue weighted by Crippen LogP contribution is 2.18. The molecule has 0 aliphatic carbocycles. The number of hydrogen-bond acceptors (Lipinski definition) is 4. The monoisotopic (exact) mass is 312 g/mol. The molecule has 21 heavy (non-hydrogen) atoms. The first-order valence-electron chi connectivity index (χ1n) is 6.61. The van der Waals surface area contributed by atoms with E-state index in [2.05, 4.69) is 5.32 Å². The lowest BCUT2D eigenvalue weighted by Crippen LogP contribution is -2.38. The van der Waals surface area contributed by atoms with E-state index >= 15 is 0 Å². The maximum absolute atomic E-state index is 11.8. The van der Waals surface area contributed by atoms with E-state index in [1.54, 1.807) is 31.2 Å². The Kier molecular flexibility index (Phi) is 5.90. The SMILES string of the molecule is CCC(=O)NCCN(c1ccc(C(C)=O)cc1)S(C)(=O)=O. The quantitative estimate of drug-likeness (QED) is 0.766. The number of nitrogens with one attached hydrogen (secondary N) is 1. The molecule has 0 unspecified atom stereocenters. The van der Waals surface area contributed by atoms with Crippen molar-refractivity contribution in [1.82, 2.24) is 5.32 Å². The van der Waals surface area contributed by atoms with Gasteiger partial charge in [0.1, 0.15) is 0 Å². The van der Waals surface area contributed by atoms with Crippen LogP contribution in [-0.4, -0.2) is 39.5 Å². The smallest absolute Gasteiger partial charge is 0.232 e. The Bertz CT molecular complexity index is 608. The van der Waals surface area contributed by atoms with E-state index < -0.39 is 10.0 Å². The van der Waals surface area contributed by atoms with Crippen molar-refractivity contribution in [2.75, 3.05) is 23.7 Å². The maximum Gasteiger partial charge on any atom is 0.232 e. The Morgan fingerprint density at radius 2 is 1.76 bits per heavy atom. The van der Waals surface area contributed by atoms with Crippen LogP contribution in [-0.2, 0) is 14.8 Å². The Hall–Kier alpha value is -1.89. The summed E-state index contributed by atoms with van der Waals surface area (Å²) in [5.74, 6) is -0.210. The van der Waals surface area contributed by atoms with Gasteiger partial charge in [-0.05, 0) is 31.2 Å². The maximum atomic E-state index is 11.8. The third-order valence-electron chi connectivity index (χ3n) is 2.92. The van der Waals surface area contributed by atoms with Crippen LogP contribution < -0.4 is 9.62 Å². The molecule has 0 heterocycles. The highest BCUT2D eigenvalue weighted by molar-refractivity contribution is 7.92. The van der Waals surface area contributed by atoms with Gasteiger partial charge in [0.2, 0.25) is 15.9 Å². The molecule has 0 radical (unpaired) electrons. The van der Waals surface area contributed by atoms with Crippen LogP contribution in [0.3, 0.4) is 0 Å². The summed E-state index contributed by atoms with van der Waals surface area (Å²) in [4.78, 5) is 22.4. The van der Waals surface area contributed by atoms with Gasteiger partial charge in [-0.1, -0.05) is 6.92 Å². The molecule has 0 spiro atoms. The lowest BCUT2D eigenvalue weighted by atomic mass is 10.1. The van der Waals surface area contributed by atoms with E-state index in [0.717, 1.165) is 6.26 Å². The minimum atomic E-state index is -3.46. The zero-order valence-corrected chi connectivity index (χ0v) is 13.2. The lowest BCUT2D eigenvalue weighted by Gasteiger charge is -2.22. The number of anilines is 1. The number of carbonyl (C=O) groups excluding carboxylic acids is 2. The fourth-order valence-corrected chi connectivity index (χ4v) is 2.70. The number of ketones is 1. The van der Waals surface area contributed by atoms with Crippen LogP contribution >= 0.6 is 0 Å². The molecule has 0 aliphatic rings. The molecule has 0 fully saturated rings. The van der Waals surface area contributed by atoms with Gasteiger partial charge >= 0.3 is 0 Å². The van der Waals surface area contributed by atoms with Crippen LogP contribution in [0, 0.1) is 0 Å². The largest absolute Gasteiger partial charge is 0.354 e. The van der Waals surface area contributed by atoms with E-state index in [0.29, 0.717) is 17.7 Å². The molecule has 116 valence electrons. The Morgan fingerprint density at radius 1 is 1.19 bits per heavy atom. The predicted octanol–water partition coefficient (Wildman–Crippen LogP) is 1.18. The highest BCUT2D eigenvalue weighted by atomic mass is 32.2. The van der Waals surface area contributed by atoms with Crippen molar-refractivity contribution < 1.29 is 18.0 Å². The fraction of sp³-hybridized carbons (Fsp3) is 0.429. The minimum Gasteiger partial charge on any atom is -0.354 e. The molecule has 0 saturated carbocycles. The van der Waals surface area contributed by atoms with Crippen LogP contribution in [0.5, 0.6) is 0 Å². The first-order chi connectivity index (χ1) is 9.75. The lowest BCUT2D eigenvalue weighted by molar-refractivity contribution is -0.120. The normalized spacial score (nSPS) is 11.0. The van der Waals surface area contributed by atoms with Crippen molar-refractivity contribution >= 4 is 27.4 Å². The third kappa shape index (κ3) is 5.18. The molecule has 0 bridgehead atoms. The second kappa shape index (κ2) is 7.21. The average molecular weight is 312 g/mol. The van der Waals surface area contributed by atoms with E-state index in [1.165, 1.54) is 11.2 Å². The molecule has 1 amide bonds. The van der Waals surface area contributed by atoms with Crippen LogP contribution in [0.4, 0.5) is 5.69 Å². The van der Waals surface area contributed by atoms with Crippen LogP contribution in [0.2, 0.25) is 0 Å². The number of sulfonamides is 1. The summed E-state index contributed by atoms with van der Waals surface area (Å²) < 4.78 is 24.9. The summed E-state index contributed by atoms with van der Waals surface area (Å²) in [6.45, 7) is 3.55. The molecule has 0 atom stereocenters. The number of carbonyl (C=O) groups is 2. The van der Waals surface area contributed by atoms with Crippen molar-refractivity contribution in [1.29, 1.82) is 0 Å². The Balaban J connectivity index is 2.88. The molecular weight excluding hydrogens is 292 g/mol. The summed E-state index contributed by atoms with van der Waals surface area (Å²) in [5, 5.41) is 2.64. The summed E-state index contributed by atoms with van der Waals surface area (Å²) in [7, 11) is -3.46. The molecule has 6 nitrogen and oxygen atoms in total. The fourth-order valence-electron chi connectivity index (χ4n) is 1.77. The van der Waals surface area contributed by atoms with Crippen molar-refractivity contribution in [3.63, 3.8) is 0 Å². The molecule has 7 heteroatoms. The highest BCUT2D eigenvalue weighted by Gasteiger charge is 2.17. The van der Waals surface area contributed by atoms with Crippen LogP contribution in [0.1, 0.15) is 30.6 Å². The van der Waals surface area contributed by atoms with E-state index in [1.807, 2.05) is 0 Å². The number of amides is 1. The molecular formula is C14H20N2O4S. The summed E-state index contributed by atoms with van der Waals surface area (Å²) in [5.41, 5.74) is 0.986. The zero-order valence-electron chi connectivity index (χ0n) is 12.4. The first-order valence-corrected chi connectivity index (χ1v) is 8.46. The Labute approximate surface area is 125 Å². The Morgan fingerprint density at radius 3 is 2.19 bits per heavy atom. The predicted molar refractivity (Wildman–Crippen MR) is 81.9 cm³/mol. The number of rotatable bonds is 7. The van der Waals surface area contributed by atoms with Crippen molar-refractivity contribution in [3.05, 3.63) is 29.8 Å². The summed E-state index contributed by atoms with van der Waals surface area (Å²) in [6, 6.07) is 6.33. The first kappa shape index (κ1) is 17.2. The van der Waals surface area contributed by atoms with Gasteiger partial charge in [-0.3, -0.25) is 13.9 Å². The van der Waals surface area contributed by atoms with Gasteiger partial charge in [-0.15, -0.1) is 0 Å². The van der Waals surface area contributed by atoms with Gasteiger partial charge in [0.15, 0.2) is 5.78 Å². The third-order valence-corrected chi connectivity index (χ3v) is 4.11. The van der Waals surface area contributed by atoms with Gasteiger partial charge < -0.3 is 5.32 Å². The standard InChI is InChI=1S/C14H20N2O4S/c1-4-14(18)15-9-10-16(21(3,19)20)13-7-5-12(6-8-13)11(2)17/h5-8H,4,9-10H2,1-3H3,(H,15,18). The van der Waals surface area contributed by atoms with Crippen LogP contribution in [0.25, 0.3) is 0 Å².